The van der Waals surface area contributed by atoms with Gasteiger partial charge in [-0.2, -0.15) is 0 Å². The Morgan fingerprint density at radius 3 is 3.17 bits per heavy atom. The van der Waals surface area contributed by atoms with Gasteiger partial charge in [0.1, 0.15) is 10.6 Å². The van der Waals surface area contributed by atoms with Crippen LogP contribution in [0, 0.1) is 5.92 Å². The van der Waals surface area contributed by atoms with Gasteiger partial charge in [-0.1, -0.05) is 0 Å². The molecule has 1 aromatic heterocycles. The van der Waals surface area contributed by atoms with E-state index in [-0.39, 0.29) is 18.3 Å². The summed E-state index contributed by atoms with van der Waals surface area (Å²) in [5, 5.41) is 8.15. The number of thiophene rings is 1. The molecule has 0 aliphatic carbocycles. The summed E-state index contributed by atoms with van der Waals surface area (Å²) in [5.74, 6) is 1.35. The lowest BCUT2D eigenvalue weighted by Gasteiger charge is -2.09. The molecule has 1 aliphatic heterocycles. The Morgan fingerprint density at radius 2 is 2.50 bits per heavy atom. The quantitative estimate of drug-likeness (QED) is 0.871. The number of halogens is 1. The molecule has 0 aromatic carbocycles. The zero-order valence-corrected chi connectivity index (χ0v) is 12.0. The maximum absolute atomic E-state index is 11.9. The largest absolute Gasteiger partial charge is 0.495 e. The third-order valence-corrected chi connectivity index (χ3v) is 3.95. The van der Waals surface area contributed by atoms with Gasteiger partial charge in [0.15, 0.2) is 0 Å². The fraction of sp³-hybridized carbons (Fsp3) is 0.583. The van der Waals surface area contributed by atoms with Crippen molar-refractivity contribution in [3.8, 4) is 5.75 Å². The maximum atomic E-state index is 11.9. The molecule has 2 heterocycles. The summed E-state index contributed by atoms with van der Waals surface area (Å²) >= 11 is 1.42. The van der Waals surface area contributed by atoms with Gasteiger partial charge in [0.05, 0.1) is 7.11 Å². The van der Waals surface area contributed by atoms with Gasteiger partial charge in [-0.3, -0.25) is 4.79 Å². The van der Waals surface area contributed by atoms with E-state index >= 15 is 0 Å². The van der Waals surface area contributed by atoms with Crippen molar-refractivity contribution in [3.63, 3.8) is 0 Å². The molecule has 1 amide bonds. The molecular formula is C12H19ClN2O2S. The first kappa shape index (κ1) is 15.3. The minimum Gasteiger partial charge on any atom is -0.495 e. The molecule has 0 spiro atoms. The highest BCUT2D eigenvalue weighted by Gasteiger charge is 2.16. The second kappa shape index (κ2) is 7.61. The van der Waals surface area contributed by atoms with Crippen molar-refractivity contribution < 1.29 is 9.53 Å². The Labute approximate surface area is 118 Å². The second-order valence-corrected chi connectivity index (χ2v) is 5.14. The molecule has 1 atom stereocenters. The summed E-state index contributed by atoms with van der Waals surface area (Å²) in [6.07, 6.45) is 2.27. The molecule has 4 nitrogen and oxygen atoms in total. The molecule has 1 saturated heterocycles. The number of ether oxygens (including phenoxy) is 1. The zero-order valence-electron chi connectivity index (χ0n) is 10.4. The topological polar surface area (TPSA) is 50.4 Å². The van der Waals surface area contributed by atoms with Crippen LogP contribution in [-0.2, 0) is 0 Å². The predicted molar refractivity (Wildman–Crippen MR) is 76.0 cm³/mol. The number of amides is 1. The smallest absolute Gasteiger partial charge is 0.265 e. The number of hydrogen-bond donors (Lipinski definition) is 2. The van der Waals surface area contributed by atoms with Crippen LogP contribution in [0.5, 0.6) is 5.75 Å². The molecule has 18 heavy (non-hydrogen) atoms. The van der Waals surface area contributed by atoms with Crippen LogP contribution in [0.25, 0.3) is 0 Å². The highest BCUT2D eigenvalue weighted by atomic mass is 35.5. The standard InChI is InChI=1S/C12H18N2O2S.ClH/c1-16-10-4-7-17-11(10)12(15)14-6-3-9-2-5-13-8-9;/h4,7,9,13H,2-3,5-6,8H2,1H3,(H,14,15);1H. The third-order valence-electron chi connectivity index (χ3n) is 3.06. The molecule has 2 N–H and O–H groups in total. The predicted octanol–water partition coefficient (Wildman–Crippen LogP) is 1.91. The van der Waals surface area contributed by atoms with Gasteiger partial charge in [-0.15, -0.1) is 23.7 Å². The molecule has 1 aromatic rings. The summed E-state index contributed by atoms with van der Waals surface area (Å²) in [7, 11) is 1.59. The van der Waals surface area contributed by atoms with Crippen LogP contribution in [0.2, 0.25) is 0 Å². The van der Waals surface area contributed by atoms with Crippen molar-refractivity contribution >= 4 is 29.7 Å². The average Bonchev–Trinajstić information content (AvgIpc) is 2.99. The molecular weight excluding hydrogens is 272 g/mol. The van der Waals surface area contributed by atoms with Crippen molar-refractivity contribution in [1.82, 2.24) is 10.6 Å². The van der Waals surface area contributed by atoms with E-state index in [1.165, 1.54) is 17.8 Å². The molecule has 1 aliphatic rings. The minimum absolute atomic E-state index is 0. The molecule has 1 unspecified atom stereocenters. The molecule has 0 bridgehead atoms. The average molecular weight is 291 g/mol. The van der Waals surface area contributed by atoms with Gasteiger partial charge in [0.25, 0.3) is 5.91 Å². The van der Waals surface area contributed by atoms with E-state index < -0.39 is 0 Å². The zero-order chi connectivity index (χ0) is 12.1. The number of rotatable bonds is 5. The molecule has 6 heteroatoms. The first-order valence-corrected chi connectivity index (χ1v) is 6.79. The normalized spacial score (nSPS) is 18.2. The molecule has 102 valence electrons. The number of hydrogen-bond acceptors (Lipinski definition) is 4. The monoisotopic (exact) mass is 290 g/mol. The van der Waals surface area contributed by atoms with Crippen LogP contribution in [0.4, 0.5) is 0 Å². The van der Waals surface area contributed by atoms with E-state index in [2.05, 4.69) is 10.6 Å². The van der Waals surface area contributed by atoms with E-state index in [1.807, 2.05) is 11.4 Å². The van der Waals surface area contributed by atoms with Crippen LogP contribution in [0.3, 0.4) is 0 Å². The van der Waals surface area contributed by atoms with Gasteiger partial charge >= 0.3 is 0 Å². The Hall–Kier alpha value is -0.780. The highest BCUT2D eigenvalue weighted by molar-refractivity contribution is 7.12. The fourth-order valence-electron chi connectivity index (χ4n) is 2.05. The Morgan fingerprint density at radius 1 is 1.67 bits per heavy atom. The summed E-state index contributed by atoms with van der Waals surface area (Å²) in [4.78, 5) is 12.5. The first-order chi connectivity index (χ1) is 8.31. The maximum Gasteiger partial charge on any atom is 0.265 e. The van der Waals surface area contributed by atoms with Gasteiger partial charge in [-0.05, 0) is 43.3 Å². The van der Waals surface area contributed by atoms with Crippen LogP contribution < -0.4 is 15.4 Å². The minimum atomic E-state index is -0.0252. The van der Waals surface area contributed by atoms with E-state index in [1.54, 1.807) is 7.11 Å². The van der Waals surface area contributed by atoms with Crippen molar-refractivity contribution in [2.75, 3.05) is 26.7 Å². The molecule has 1 fully saturated rings. The van der Waals surface area contributed by atoms with Crippen molar-refractivity contribution in [1.29, 1.82) is 0 Å². The third kappa shape index (κ3) is 3.86. The number of methoxy groups -OCH3 is 1. The summed E-state index contributed by atoms with van der Waals surface area (Å²) in [5.41, 5.74) is 0. The number of carbonyl (C=O) groups is 1. The van der Waals surface area contributed by atoms with Gasteiger partial charge in [0.2, 0.25) is 0 Å². The van der Waals surface area contributed by atoms with E-state index in [4.69, 9.17) is 4.74 Å². The first-order valence-electron chi connectivity index (χ1n) is 5.91. The van der Waals surface area contributed by atoms with E-state index in [9.17, 15) is 4.79 Å². The van der Waals surface area contributed by atoms with Crippen LogP contribution in [0.15, 0.2) is 11.4 Å². The molecule has 0 saturated carbocycles. The number of nitrogens with one attached hydrogen (secondary N) is 2. The van der Waals surface area contributed by atoms with Crippen molar-refractivity contribution in [2.45, 2.75) is 12.8 Å². The van der Waals surface area contributed by atoms with E-state index in [0.29, 0.717) is 16.5 Å². The molecule has 0 radical (unpaired) electrons. The van der Waals surface area contributed by atoms with Gasteiger partial charge < -0.3 is 15.4 Å². The Bertz CT molecular complexity index is 378. The lowest BCUT2D eigenvalue weighted by molar-refractivity contribution is 0.0953. The highest BCUT2D eigenvalue weighted by Crippen LogP contribution is 2.24. The lowest BCUT2D eigenvalue weighted by atomic mass is 10.1. The SMILES string of the molecule is COc1ccsc1C(=O)NCCC1CCNC1.Cl. The van der Waals surface area contributed by atoms with Crippen LogP contribution in [0.1, 0.15) is 22.5 Å². The Balaban J connectivity index is 0.00000162. The van der Waals surface area contributed by atoms with Crippen LogP contribution >= 0.6 is 23.7 Å². The summed E-state index contributed by atoms with van der Waals surface area (Å²) in [6, 6.07) is 1.82. The molecule has 2 rings (SSSR count). The summed E-state index contributed by atoms with van der Waals surface area (Å²) < 4.78 is 5.13. The van der Waals surface area contributed by atoms with Gasteiger partial charge in [0, 0.05) is 6.54 Å². The van der Waals surface area contributed by atoms with Crippen LogP contribution in [-0.4, -0.2) is 32.7 Å². The number of carbonyl (C=O) groups excluding carboxylic acids is 1. The van der Waals surface area contributed by atoms with Crippen molar-refractivity contribution in [3.05, 3.63) is 16.3 Å². The fourth-order valence-corrected chi connectivity index (χ4v) is 2.83. The Kier molecular flexibility index (Phi) is 6.46. The van der Waals surface area contributed by atoms with E-state index in [0.717, 1.165) is 26.1 Å². The second-order valence-electron chi connectivity index (χ2n) is 4.22. The lowest BCUT2D eigenvalue weighted by Crippen LogP contribution is -2.26. The summed E-state index contributed by atoms with van der Waals surface area (Å²) in [6.45, 7) is 2.93. The van der Waals surface area contributed by atoms with Gasteiger partial charge in [-0.25, -0.2) is 0 Å². The van der Waals surface area contributed by atoms with Crippen molar-refractivity contribution in [2.24, 2.45) is 5.92 Å².